The molecule has 0 radical (unpaired) electrons. The van der Waals surface area contributed by atoms with Gasteiger partial charge in [-0.2, -0.15) is 0 Å². The third kappa shape index (κ3) is 3.75. The lowest BCUT2D eigenvalue weighted by Gasteiger charge is -2.37. The number of hydrogen-bond acceptors (Lipinski definition) is 6. The average Bonchev–Trinajstić information content (AvgIpc) is 3.18. The molecule has 1 atom stereocenters. The number of amides is 2. The molecule has 5 rings (SSSR count). The zero-order chi connectivity index (χ0) is 24.0. The maximum Gasteiger partial charge on any atom is 0.257 e. The molecule has 10 heteroatoms. The van der Waals surface area contributed by atoms with Crippen LogP contribution < -0.4 is 10.6 Å². The summed E-state index contributed by atoms with van der Waals surface area (Å²) in [6.45, 7) is 1.58. The molecule has 0 aliphatic carbocycles. The van der Waals surface area contributed by atoms with Gasteiger partial charge in [0.05, 0.1) is 17.8 Å². The van der Waals surface area contributed by atoms with Crippen LogP contribution in [0.1, 0.15) is 27.7 Å². The standard InChI is InChI=1S/C24H22F2N6O2/c1-31-10-11-32(2)24(34)20(31)13-6-8-14(9-7-13)28-22-19-17(12-27-23(19)33)29-21(30-22)18-15(25)4-3-5-16(18)26/h3-9,20H,10-12H2,1-2H3,(H,27,33)(H,28,29,30). The Morgan fingerprint density at radius 3 is 2.38 bits per heavy atom. The van der Waals surface area contributed by atoms with Crippen molar-refractivity contribution in [1.29, 1.82) is 0 Å². The molecule has 1 saturated heterocycles. The van der Waals surface area contributed by atoms with Crippen LogP contribution in [0.2, 0.25) is 0 Å². The van der Waals surface area contributed by atoms with Crippen LogP contribution in [0.25, 0.3) is 11.4 Å². The molecule has 2 aliphatic rings. The monoisotopic (exact) mass is 464 g/mol. The Morgan fingerprint density at radius 2 is 1.68 bits per heavy atom. The number of fused-ring (bicyclic) bond motifs is 1. The highest BCUT2D eigenvalue weighted by atomic mass is 19.1. The van der Waals surface area contributed by atoms with E-state index in [4.69, 9.17) is 0 Å². The SMILES string of the molecule is CN1CCN(C)C(c2ccc(Nc3nc(-c4c(F)cccc4F)nc4c3C(=O)NC4)cc2)C1=O. The molecular formula is C24H22F2N6O2. The van der Waals surface area contributed by atoms with Gasteiger partial charge >= 0.3 is 0 Å². The van der Waals surface area contributed by atoms with Gasteiger partial charge in [0.25, 0.3) is 5.91 Å². The smallest absolute Gasteiger partial charge is 0.257 e. The van der Waals surface area contributed by atoms with Crippen molar-refractivity contribution in [2.24, 2.45) is 0 Å². The fraction of sp³-hybridized carbons (Fsp3) is 0.250. The van der Waals surface area contributed by atoms with E-state index in [1.54, 1.807) is 24.1 Å². The minimum atomic E-state index is -0.793. The summed E-state index contributed by atoms with van der Waals surface area (Å²) in [7, 11) is 3.70. The van der Waals surface area contributed by atoms with Crippen molar-refractivity contribution in [2.45, 2.75) is 12.6 Å². The van der Waals surface area contributed by atoms with Gasteiger partial charge in [-0.05, 0) is 36.9 Å². The lowest BCUT2D eigenvalue weighted by Crippen LogP contribution is -2.48. The second-order valence-electron chi connectivity index (χ2n) is 8.39. The molecular weight excluding hydrogens is 442 g/mol. The van der Waals surface area contributed by atoms with Crippen LogP contribution in [0.4, 0.5) is 20.3 Å². The van der Waals surface area contributed by atoms with E-state index in [2.05, 4.69) is 20.6 Å². The van der Waals surface area contributed by atoms with E-state index < -0.39 is 11.6 Å². The van der Waals surface area contributed by atoms with Crippen molar-refractivity contribution in [2.75, 3.05) is 32.5 Å². The van der Waals surface area contributed by atoms with Gasteiger partial charge in [0, 0.05) is 25.8 Å². The lowest BCUT2D eigenvalue weighted by molar-refractivity contribution is -0.139. The van der Waals surface area contributed by atoms with Gasteiger partial charge in [-0.3, -0.25) is 14.5 Å². The number of nitrogens with one attached hydrogen (secondary N) is 2. The van der Waals surface area contributed by atoms with Gasteiger partial charge in [-0.25, -0.2) is 18.7 Å². The van der Waals surface area contributed by atoms with Crippen LogP contribution in [0, 0.1) is 11.6 Å². The number of carbonyl (C=O) groups is 2. The first-order chi connectivity index (χ1) is 16.3. The highest BCUT2D eigenvalue weighted by molar-refractivity contribution is 6.03. The van der Waals surface area contributed by atoms with Crippen LogP contribution in [0.15, 0.2) is 42.5 Å². The van der Waals surface area contributed by atoms with Crippen molar-refractivity contribution in [3.8, 4) is 11.4 Å². The number of carbonyl (C=O) groups excluding carboxylic acids is 2. The van der Waals surface area contributed by atoms with Crippen LogP contribution >= 0.6 is 0 Å². The Bertz CT molecular complexity index is 1280. The Balaban J connectivity index is 1.49. The van der Waals surface area contributed by atoms with Gasteiger partial charge < -0.3 is 15.5 Å². The molecule has 2 N–H and O–H groups in total. The maximum absolute atomic E-state index is 14.4. The molecule has 1 fully saturated rings. The van der Waals surface area contributed by atoms with E-state index in [0.29, 0.717) is 17.9 Å². The predicted molar refractivity (Wildman–Crippen MR) is 121 cm³/mol. The van der Waals surface area contributed by atoms with E-state index in [1.807, 2.05) is 24.1 Å². The Labute approximate surface area is 194 Å². The number of piperazine rings is 1. The third-order valence-electron chi connectivity index (χ3n) is 6.14. The van der Waals surface area contributed by atoms with Crippen LogP contribution in [-0.2, 0) is 11.3 Å². The summed E-state index contributed by atoms with van der Waals surface area (Å²) in [5.41, 5.74) is 1.67. The number of likely N-dealkylation sites (N-methyl/N-ethyl adjacent to an activating group) is 2. The van der Waals surface area contributed by atoms with Gasteiger partial charge in [0.2, 0.25) is 5.91 Å². The molecule has 0 bridgehead atoms. The normalized spacial score (nSPS) is 18.1. The first-order valence-corrected chi connectivity index (χ1v) is 10.8. The summed E-state index contributed by atoms with van der Waals surface area (Å²) < 4.78 is 28.8. The van der Waals surface area contributed by atoms with Crippen LogP contribution in [0.3, 0.4) is 0 Å². The number of anilines is 2. The molecule has 3 aromatic rings. The molecule has 2 aromatic carbocycles. The van der Waals surface area contributed by atoms with Crippen LogP contribution in [0.5, 0.6) is 0 Å². The minimum absolute atomic E-state index is 0.0244. The highest BCUT2D eigenvalue weighted by Crippen LogP contribution is 2.31. The summed E-state index contributed by atoms with van der Waals surface area (Å²) >= 11 is 0. The largest absolute Gasteiger partial charge is 0.346 e. The summed E-state index contributed by atoms with van der Waals surface area (Å²) in [5.74, 6) is -1.93. The van der Waals surface area contributed by atoms with E-state index in [0.717, 1.165) is 24.2 Å². The molecule has 2 aliphatic heterocycles. The van der Waals surface area contributed by atoms with Crippen molar-refractivity contribution >= 4 is 23.3 Å². The summed E-state index contributed by atoms with van der Waals surface area (Å²) in [4.78, 5) is 37.3. The molecule has 8 nitrogen and oxygen atoms in total. The van der Waals surface area contributed by atoms with Crippen molar-refractivity contribution < 1.29 is 18.4 Å². The molecule has 34 heavy (non-hydrogen) atoms. The fourth-order valence-corrected chi connectivity index (χ4v) is 4.27. The molecule has 174 valence electrons. The van der Waals surface area contributed by atoms with Crippen molar-refractivity contribution in [3.05, 3.63) is 70.9 Å². The summed E-state index contributed by atoms with van der Waals surface area (Å²) in [5, 5.41) is 5.75. The Hall–Kier alpha value is -3.92. The molecule has 1 aromatic heterocycles. The highest BCUT2D eigenvalue weighted by Gasteiger charge is 2.32. The lowest BCUT2D eigenvalue weighted by atomic mass is 10.0. The Kier molecular flexibility index (Phi) is 5.45. The first kappa shape index (κ1) is 21.9. The van der Waals surface area contributed by atoms with Gasteiger partial charge in [0.15, 0.2) is 5.82 Å². The van der Waals surface area contributed by atoms with Gasteiger partial charge in [-0.1, -0.05) is 18.2 Å². The summed E-state index contributed by atoms with van der Waals surface area (Å²) in [6, 6.07) is 10.4. The molecule has 1 unspecified atom stereocenters. The van der Waals surface area contributed by atoms with Gasteiger partial charge in [0.1, 0.15) is 29.1 Å². The number of aromatic nitrogens is 2. The number of benzene rings is 2. The number of rotatable bonds is 4. The quantitative estimate of drug-likeness (QED) is 0.617. The van der Waals surface area contributed by atoms with E-state index in [9.17, 15) is 18.4 Å². The van der Waals surface area contributed by atoms with E-state index >= 15 is 0 Å². The number of hydrogen-bond donors (Lipinski definition) is 2. The number of halogens is 2. The van der Waals surface area contributed by atoms with Crippen molar-refractivity contribution in [3.63, 3.8) is 0 Å². The average molecular weight is 464 g/mol. The molecule has 2 amide bonds. The van der Waals surface area contributed by atoms with Crippen molar-refractivity contribution in [1.82, 2.24) is 25.1 Å². The maximum atomic E-state index is 14.4. The topological polar surface area (TPSA) is 90.5 Å². The minimum Gasteiger partial charge on any atom is -0.346 e. The fourth-order valence-electron chi connectivity index (χ4n) is 4.27. The Morgan fingerprint density at radius 1 is 0.971 bits per heavy atom. The van der Waals surface area contributed by atoms with E-state index in [1.165, 1.54) is 6.07 Å². The predicted octanol–water partition coefficient (Wildman–Crippen LogP) is 2.85. The second kappa shape index (κ2) is 8.45. The summed E-state index contributed by atoms with van der Waals surface area (Å²) in [6.07, 6.45) is 0. The zero-order valence-electron chi connectivity index (χ0n) is 18.6. The first-order valence-electron chi connectivity index (χ1n) is 10.8. The molecule has 0 spiro atoms. The molecule has 3 heterocycles. The molecule has 0 saturated carbocycles. The third-order valence-corrected chi connectivity index (χ3v) is 6.14. The second-order valence-corrected chi connectivity index (χ2v) is 8.39. The van der Waals surface area contributed by atoms with Crippen LogP contribution in [-0.4, -0.2) is 58.8 Å². The van der Waals surface area contributed by atoms with Gasteiger partial charge in [-0.15, -0.1) is 0 Å². The zero-order valence-corrected chi connectivity index (χ0v) is 18.6. The number of nitrogens with zero attached hydrogens (tertiary/aromatic N) is 4. The van der Waals surface area contributed by atoms with E-state index in [-0.39, 0.29) is 47.2 Å².